The first kappa shape index (κ1) is 17.6. The molecule has 0 unspecified atom stereocenters. The maximum atomic E-state index is 12.6. The monoisotopic (exact) mass is 381 g/mol. The van der Waals surface area contributed by atoms with E-state index in [4.69, 9.17) is 11.6 Å². The number of nitrogens with zero attached hydrogens (tertiary/aromatic N) is 2. The third-order valence-electron chi connectivity index (χ3n) is 4.89. The largest absolute Gasteiger partial charge is 0.372 e. The van der Waals surface area contributed by atoms with Gasteiger partial charge in [0, 0.05) is 23.8 Å². The highest BCUT2D eigenvalue weighted by atomic mass is 35.5. The van der Waals surface area contributed by atoms with Crippen molar-refractivity contribution in [2.45, 2.75) is 19.4 Å². The summed E-state index contributed by atoms with van der Waals surface area (Å²) in [4.78, 5) is 28.4. The highest BCUT2D eigenvalue weighted by Gasteiger charge is 2.33. The lowest BCUT2D eigenvalue weighted by molar-refractivity contribution is -0.123. The number of carbonyl (C=O) groups excluding carboxylic acids is 2. The minimum absolute atomic E-state index is 0.215. The van der Waals surface area contributed by atoms with Crippen molar-refractivity contribution >= 4 is 35.3 Å². The number of imide groups is 1. The summed E-state index contributed by atoms with van der Waals surface area (Å²) in [5.41, 5.74) is 3.22. The molecule has 1 N–H and O–H groups in total. The van der Waals surface area contributed by atoms with E-state index in [0.717, 1.165) is 24.2 Å². The molecule has 6 heteroatoms. The number of amides is 3. The van der Waals surface area contributed by atoms with Crippen molar-refractivity contribution in [3.8, 4) is 0 Å². The molecule has 0 spiro atoms. The molecule has 0 aromatic heterocycles. The van der Waals surface area contributed by atoms with Crippen molar-refractivity contribution in [2.24, 2.45) is 0 Å². The highest BCUT2D eigenvalue weighted by Crippen LogP contribution is 2.22. The van der Waals surface area contributed by atoms with Crippen LogP contribution in [0.4, 0.5) is 10.5 Å². The first-order chi connectivity index (χ1) is 13.1. The summed E-state index contributed by atoms with van der Waals surface area (Å²) in [5.74, 6) is -0.321. The molecule has 0 bridgehead atoms. The summed E-state index contributed by atoms with van der Waals surface area (Å²) < 4.78 is 0. The first-order valence-corrected chi connectivity index (χ1v) is 9.42. The second kappa shape index (κ2) is 7.45. The van der Waals surface area contributed by atoms with Gasteiger partial charge in [0.05, 0.1) is 6.54 Å². The molecule has 3 amide bonds. The fourth-order valence-corrected chi connectivity index (χ4v) is 3.54. The van der Waals surface area contributed by atoms with Gasteiger partial charge in [-0.1, -0.05) is 35.9 Å². The standard InChI is InChI=1S/C21H20ClN3O2/c22-17-7-3-16(4-8-17)14-25-20(26)19(23-21(25)27)13-15-5-9-18(10-6-15)24-11-1-2-12-24/h3-10,13H,1-2,11-12,14H2,(H,23,27)/b19-13-. The third-order valence-corrected chi connectivity index (χ3v) is 5.14. The smallest absolute Gasteiger partial charge is 0.329 e. The molecule has 0 aliphatic carbocycles. The third kappa shape index (κ3) is 3.83. The molecule has 2 aromatic rings. The summed E-state index contributed by atoms with van der Waals surface area (Å²) in [5, 5.41) is 3.29. The Kier molecular flexibility index (Phi) is 4.86. The van der Waals surface area contributed by atoms with Crippen LogP contribution in [-0.2, 0) is 11.3 Å². The van der Waals surface area contributed by atoms with Gasteiger partial charge in [0.1, 0.15) is 5.70 Å². The minimum atomic E-state index is -0.408. The second-order valence-electron chi connectivity index (χ2n) is 6.79. The molecular formula is C21H20ClN3O2. The van der Waals surface area contributed by atoms with Gasteiger partial charge in [0.25, 0.3) is 5.91 Å². The van der Waals surface area contributed by atoms with E-state index in [1.54, 1.807) is 18.2 Å². The Labute approximate surface area is 163 Å². The molecule has 2 saturated heterocycles. The van der Waals surface area contributed by atoms with Crippen LogP contribution in [0.1, 0.15) is 24.0 Å². The predicted octanol–water partition coefficient (Wildman–Crippen LogP) is 4.03. The minimum Gasteiger partial charge on any atom is -0.372 e. The zero-order chi connectivity index (χ0) is 18.8. The zero-order valence-corrected chi connectivity index (χ0v) is 15.6. The summed E-state index contributed by atoms with van der Waals surface area (Å²) in [6.07, 6.45) is 4.18. The topological polar surface area (TPSA) is 52.7 Å². The summed E-state index contributed by atoms with van der Waals surface area (Å²) in [6.45, 7) is 2.40. The maximum absolute atomic E-state index is 12.6. The van der Waals surface area contributed by atoms with E-state index >= 15 is 0 Å². The zero-order valence-electron chi connectivity index (χ0n) is 14.8. The predicted molar refractivity (Wildman–Crippen MR) is 106 cm³/mol. The molecule has 5 nitrogen and oxygen atoms in total. The van der Waals surface area contributed by atoms with E-state index in [1.807, 2.05) is 24.3 Å². The van der Waals surface area contributed by atoms with Gasteiger partial charge in [0.2, 0.25) is 0 Å². The summed E-state index contributed by atoms with van der Waals surface area (Å²) >= 11 is 5.88. The maximum Gasteiger partial charge on any atom is 0.329 e. The Bertz CT molecular complexity index is 885. The van der Waals surface area contributed by atoms with E-state index in [2.05, 4.69) is 22.3 Å². The molecule has 2 aliphatic rings. The SMILES string of the molecule is O=C1N/C(=C\c2ccc(N3CCCC3)cc2)C(=O)N1Cc1ccc(Cl)cc1. The molecule has 2 heterocycles. The number of hydrogen-bond acceptors (Lipinski definition) is 3. The van der Waals surface area contributed by atoms with Gasteiger partial charge in [-0.2, -0.15) is 0 Å². The van der Waals surface area contributed by atoms with E-state index in [-0.39, 0.29) is 12.5 Å². The van der Waals surface area contributed by atoms with E-state index in [9.17, 15) is 9.59 Å². The average molecular weight is 382 g/mol. The first-order valence-electron chi connectivity index (χ1n) is 9.04. The van der Waals surface area contributed by atoms with Crippen LogP contribution in [0.2, 0.25) is 5.02 Å². The van der Waals surface area contributed by atoms with Crippen LogP contribution < -0.4 is 10.2 Å². The summed E-state index contributed by atoms with van der Waals surface area (Å²) in [7, 11) is 0. The Morgan fingerprint density at radius 3 is 2.30 bits per heavy atom. The Morgan fingerprint density at radius 1 is 0.963 bits per heavy atom. The molecular weight excluding hydrogens is 362 g/mol. The molecule has 138 valence electrons. The fourth-order valence-electron chi connectivity index (χ4n) is 3.41. The Hall–Kier alpha value is -2.79. The van der Waals surface area contributed by atoms with Crippen molar-refractivity contribution < 1.29 is 9.59 Å². The Balaban J connectivity index is 1.48. The van der Waals surface area contributed by atoms with Crippen LogP contribution in [0.15, 0.2) is 54.2 Å². The van der Waals surface area contributed by atoms with Crippen LogP contribution in [0.25, 0.3) is 6.08 Å². The van der Waals surface area contributed by atoms with Crippen molar-refractivity contribution in [2.75, 3.05) is 18.0 Å². The van der Waals surface area contributed by atoms with Gasteiger partial charge in [-0.3, -0.25) is 9.69 Å². The number of hydrogen-bond donors (Lipinski definition) is 1. The summed E-state index contributed by atoms with van der Waals surface area (Å²) in [6, 6.07) is 14.8. The van der Waals surface area contributed by atoms with Crippen LogP contribution in [0.3, 0.4) is 0 Å². The molecule has 0 radical (unpaired) electrons. The molecule has 2 fully saturated rings. The van der Waals surface area contributed by atoms with Crippen molar-refractivity contribution in [1.29, 1.82) is 0 Å². The second-order valence-corrected chi connectivity index (χ2v) is 7.23. The molecule has 27 heavy (non-hydrogen) atoms. The molecule has 2 aromatic carbocycles. The van der Waals surface area contributed by atoms with Crippen molar-refractivity contribution in [3.63, 3.8) is 0 Å². The molecule has 0 saturated carbocycles. The normalized spacial score (nSPS) is 18.5. The van der Waals surface area contributed by atoms with Crippen molar-refractivity contribution in [1.82, 2.24) is 10.2 Å². The van der Waals surface area contributed by atoms with Gasteiger partial charge in [0.15, 0.2) is 0 Å². The van der Waals surface area contributed by atoms with Crippen LogP contribution >= 0.6 is 11.6 Å². The average Bonchev–Trinajstić information content (AvgIpc) is 3.29. The fraction of sp³-hybridized carbons (Fsp3) is 0.238. The lowest BCUT2D eigenvalue weighted by atomic mass is 10.1. The molecule has 2 aliphatic heterocycles. The quantitative estimate of drug-likeness (QED) is 0.642. The molecule has 4 rings (SSSR count). The van der Waals surface area contributed by atoms with Gasteiger partial charge >= 0.3 is 6.03 Å². The van der Waals surface area contributed by atoms with Gasteiger partial charge < -0.3 is 10.2 Å². The lowest BCUT2D eigenvalue weighted by Gasteiger charge is -2.17. The van der Waals surface area contributed by atoms with Crippen molar-refractivity contribution in [3.05, 3.63) is 70.4 Å². The van der Waals surface area contributed by atoms with Gasteiger partial charge in [-0.25, -0.2) is 4.79 Å². The Morgan fingerprint density at radius 2 is 1.63 bits per heavy atom. The van der Waals surface area contributed by atoms with Crippen LogP contribution in [0, 0.1) is 0 Å². The number of benzene rings is 2. The van der Waals surface area contributed by atoms with Crippen LogP contribution in [-0.4, -0.2) is 29.9 Å². The number of halogens is 1. The van der Waals surface area contributed by atoms with Gasteiger partial charge in [-0.15, -0.1) is 0 Å². The highest BCUT2D eigenvalue weighted by molar-refractivity contribution is 6.30. The van der Waals surface area contributed by atoms with E-state index in [1.165, 1.54) is 23.4 Å². The number of anilines is 1. The number of rotatable bonds is 4. The van der Waals surface area contributed by atoms with Crippen LogP contribution in [0.5, 0.6) is 0 Å². The molecule has 0 atom stereocenters. The van der Waals surface area contributed by atoms with E-state index < -0.39 is 6.03 Å². The number of carbonyl (C=O) groups is 2. The van der Waals surface area contributed by atoms with E-state index in [0.29, 0.717) is 10.7 Å². The number of urea groups is 1. The number of nitrogens with one attached hydrogen (secondary N) is 1. The lowest BCUT2D eigenvalue weighted by Crippen LogP contribution is -2.30. The van der Waals surface area contributed by atoms with Gasteiger partial charge in [-0.05, 0) is 54.3 Å².